The summed E-state index contributed by atoms with van der Waals surface area (Å²) in [6.45, 7) is 5.03. The minimum absolute atomic E-state index is 0.0551. The number of carbonyl (C=O) groups is 1. The number of fused-ring (bicyclic) bond motifs is 3. The second-order valence-electron chi connectivity index (χ2n) is 9.87. The Morgan fingerprint density at radius 3 is 2.50 bits per heavy atom. The Morgan fingerprint density at radius 2 is 1.83 bits per heavy atom. The van der Waals surface area contributed by atoms with Crippen molar-refractivity contribution in [1.82, 2.24) is 14.8 Å². The molecule has 1 aromatic heterocycles. The number of amides is 1. The first kappa shape index (κ1) is 24.4. The minimum atomic E-state index is -0.475. The number of halogens is 1. The van der Waals surface area contributed by atoms with Gasteiger partial charge in [-0.05, 0) is 55.3 Å². The topological polar surface area (TPSA) is 74.6 Å². The lowest BCUT2D eigenvalue weighted by atomic mass is 9.88. The molecule has 188 valence electrons. The zero-order valence-electron chi connectivity index (χ0n) is 20.6. The summed E-state index contributed by atoms with van der Waals surface area (Å²) in [5.74, 6) is -0.787. The van der Waals surface area contributed by atoms with Crippen molar-refractivity contribution in [3.63, 3.8) is 0 Å². The predicted molar refractivity (Wildman–Crippen MR) is 137 cm³/mol. The number of pyridine rings is 1. The van der Waals surface area contributed by atoms with E-state index < -0.39 is 6.04 Å². The molecule has 7 heteroatoms. The molecule has 1 saturated heterocycles. The second kappa shape index (κ2) is 9.99. The third-order valence-electron chi connectivity index (χ3n) is 7.75. The monoisotopic (exact) mass is 489 g/mol. The third kappa shape index (κ3) is 4.16. The van der Waals surface area contributed by atoms with E-state index in [1.165, 1.54) is 12.1 Å². The quantitative estimate of drug-likeness (QED) is 0.528. The molecule has 0 unspecified atom stereocenters. The fraction of sp³-hybridized carbons (Fsp3) is 0.379. The van der Waals surface area contributed by atoms with Gasteiger partial charge in [-0.2, -0.15) is 0 Å². The molecule has 0 bridgehead atoms. The second-order valence-corrected chi connectivity index (χ2v) is 9.87. The lowest BCUT2D eigenvalue weighted by Crippen LogP contribution is -2.49. The molecule has 3 aromatic rings. The van der Waals surface area contributed by atoms with Gasteiger partial charge >= 0.3 is 0 Å². The number of likely N-dealkylation sites (tertiary alicyclic amines) is 1. The number of nitrogens with one attached hydrogen (secondary N) is 1. The van der Waals surface area contributed by atoms with Crippen molar-refractivity contribution in [1.29, 1.82) is 0 Å². The van der Waals surface area contributed by atoms with E-state index >= 15 is 0 Å². The Kier molecular flexibility index (Phi) is 6.77. The third-order valence-corrected chi connectivity index (χ3v) is 7.75. The van der Waals surface area contributed by atoms with Gasteiger partial charge < -0.3 is 15.0 Å². The van der Waals surface area contributed by atoms with Crippen molar-refractivity contribution < 1.29 is 14.3 Å². The summed E-state index contributed by atoms with van der Waals surface area (Å²) in [7, 11) is 0. The number of hydrogen-bond donors (Lipinski definition) is 2. The van der Waals surface area contributed by atoms with Gasteiger partial charge in [0, 0.05) is 36.2 Å². The van der Waals surface area contributed by atoms with Crippen LogP contribution in [-0.4, -0.2) is 39.7 Å². The van der Waals surface area contributed by atoms with Crippen LogP contribution in [0.4, 0.5) is 4.39 Å². The van der Waals surface area contributed by atoms with Gasteiger partial charge in [-0.1, -0.05) is 49.4 Å². The summed E-state index contributed by atoms with van der Waals surface area (Å²) in [6, 6.07) is 18.8. The van der Waals surface area contributed by atoms with Gasteiger partial charge in [-0.25, -0.2) is 4.39 Å². The maximum absolute atomic E-state index is 13.6. The summed E-state index contributed by atoms with van der Waals surface area (Å²) in [5, 5.41) is 13.6. The lowest BCUT2D eigenvalue weighted by molar-refractivity contribution is -0.128. The number of carbonyl (C=O) groups excluding carboxylic acids is 1. The van der Waals surface area contributed by atoms with E-state index in [-0.39, 0.29) is 47.8 Å². The van der Waals surface area contributed by atoms with Gasteiger partial charge in [-0.3, -0.25) is 14.5 Å². The summed E-state index contributed by atoms with van der Waals surface area (Å²) in [5.41, 5.74) is 2.96. The highest BCUT2D eigenvalue weighted by Crippen LogP contribution is 2.49. The Bertz CT molecular complexity index is 1290. The summed E-state index contributed by atoms with van der Waals surface area (Å²) < 4.78 is 15.2. The molecule has 2 aromatic carbocycles. The van der Waals surface area contributed by atoms with Crippen molar-refractivity contribution in [2.75, 3.05) is 13.2 Å². The Labute approximate surface area is 210 Å². The first-order valence-corrected chi connectivity index (χ1v) is 12.7. The molecule has 1 amide bonds. The highest BCUT2D eigenvalue weighted by Gasteiger charge is 2.55. The molecule has 0 aliphatic carbocycles. The Hall–Kier alpha value is -3.29. The summed E-state index contributed by atoms with van der Waals surface area (Å²) in [6.07, 6.45) is 0.845. The van der Waals surface area contributed by atoms with Crippen molar-refractivity contribution in [3.8, 4) is 11.1 Å². The number of aromatic nitrogens is 1. The van der Waals surface area contributed by atoms with Gasteiger partial charge in [0.25, 0.3) is 5.56 Å². The normalized spacial score (nSPS) is 23.8. The molecular formula is C29H32FN3O3. The highest BCUT2D eigenvalue weighted by molar-refractivity contribution is 5.83. The molecule has 0 spiro atoms. The average Bonchev–Trinajstić information content (AvgIpc) is 3.41. The minimum Gasteiger partial charge on any atom is -0.396 e. The Balaban J connectivity index is 1.47. The van der Waals surface area contributed by atoms with Crippen LogP contribution < -0.4 is 10.9 Å². The largest absolute Gasteiger partial charge is 0.396 e. The predicted octanol–water partition coefficient (Wildman–Crippen LogP) is 3.91. The molecule has 6 nitrogen and oxygen atoms in total. The van der Waals surface area contributed by atoms with Crippen LogP contribution in [0.5, 0.6) is 0 Å². The van der Waals surface area contributed by atoms with Crippen LogP contribution in [0.25, 0.3) is 11.1 Å². The van der Waals surface area contributed by atoms with Gasteiger partial charge in [0.05, 0.1) is 18.1 Å². The van der Waals surface area contributed by atoms with E-state index in [0.29, 0.717) is 24.2 Å². The molecule has 5 rings (SSSR count). The fourth-order valence-corrected chi connectivity index (χ4v) is 6.10. The lowest BCUT2D eigenvalue weighted by Gasteiger charge is -2.31. The number of rotatable bonds is 7. The first-order valence-electron chi connectivity index (χ1n) is 12.7. The van der Waals surface area contributed by atoms with Gasteiger partial charge in [0.15, 0.2) is 0 Å². The van der Waals surface area contributed by atoms with Crippen LogP contribution in [0.2, 0.25) is 0 Å². The van der Waals surface area contributed by atoms with E-state index in [4.69, 9.17) is 0 Å². The van der Waals surface area contributed by atoms with Crippen molar-refractivity contribution in [3.05, 3.63) is 94.2 Å². The highest BCUT2D eigenvalue weighted by atomic mass is 19.1. The number of hydrogen-bond acceptors (Lipinski definition) is 4. The Morgan fingerprint density at radius 1 is 1.11 bits per heavy atom. The number of nitrogens with zero attached hydrogens (tertiary/aromatic N) is 2. The van der Waals surface area contributed by atoms with Crippen molar-refractivity contribution in [2.45, 2.75) is 44.9 Å². The van der Waals surface area contributed by atoms with Gasteiger partial charge in [-0.15, -0.1) is 0 Å². The van der Waals surface area contributed by atoms with E-state index in [9.17, 15) is 19.1 Å². The van der Waals surface area contributed by atoms with E-state index in [0.717, 1.165) is 17.7 Å². The molecule has 5 atom stereocenters. The molecular weight excluding hydrogens is 457 g/mol. The smallest absolute Gasteiger partial charge is 0.258 e. The summed E-state index contributed by atoms with van der Waals surface area (Å²) >= 11 is 0. The SMILES string of the molecule is CCCN1[C@H](C(=O)N[C@H](C)c2ccccc2)[C@@H](CO)[C@@H]2Cn3c(ccc(-c4ccc(F)cc4)c3=O)[C@@H]21. The number of aliphatic hydroxyl groups excluding tert-OH is 1. The average molecular weight is 490 g/mol. The number of benzene rings is 2. The maximum atomic E-state index is 13.6. The van der Waals surface area contributed by atoms with E-state index in [1.54, 1.807) is 22.8 Å². The van der Waals surface area contributed by atoms with Crippen LogP contribution >= 0.6 is 0 Å². The van der Waals surface area contributed by atoms with Crippen LogP contribution in [0, 0.1) is 17.7 Å². The zero-order valence-corrected chi connectivity index (χ0v) is 20.6. The van der Waals surface area contributed by atoms with Crippen LogP contribution in [0.1, 0.15) is 43.6 Å². The molecule has 0 saturated carbocycles. The van der Waals surface area contributed by atoms with E-state index in [2.05, 4.69) is 17.1 Å². The molecule has 2 aliphatic rings. The van der Waals surface area contributed by atoms with Crippen LogP contribution in [0.3, 0.4) is 0 Å². The number of aliphatic hydroxyl groups is 1. The fourth-order valence-electron chi connectivity index (χ4n) is 6.10. The van der Waals surface area contributed by atoms with Crippen LogP contribution in [-0.2, 0) is 11.3 Å². The summed E-state index contributed by atoms with van der Waals surface area (Å²) in [4.78, 5) is 29.2. The molecule has 1 fully saturated rings. The standard InChI is InChI=1S/C29H32FN3O3/c1-3-15-32-26-23(24(17-34)27(32)28(35)31-18(2)19-7-5-4-6-8-19)16-33-25(26)14-13-22(29(33)36)20-9-11-21(30)12-10-20/h4-14,18,23-24,26-27,34H,3,15-17H2,1-2H3,(H,31,35)/t18-,23+,24+,26-,27+/m1/s1. The first-order chi connectivity index (χ1) is 17.4. The molecule has 3 heterocycles. The van der Waals surface area contributed by atoms with Gasteiger partial charge in [0.2, 0.25) is 5.91 Å². The molecule has 2 N–H and O–H groups in total. The van der Waals surface area contributed by atoms with Crippen molar-refractivity contribution >= 4 is 5.91 Å². The van der Waals surface area contributed by atoms with E-state index in [1.807, 2.05) is 43.3 Å². The van der Waals surface area contributed by atoms with Gasteiger partial charge in [0.1, 0.15) is 5.82 Å². The molecule has 36 heavy (non-hydrogen) atoms. The molecule has 2 aliphatic heterocycles. The van der Waals surface area contributed by atoms with Crippen LogP contribution in [0.15, 0.2) is 71.5 Å². The zero-order chi connectivity index (χ0) is 25.4. The van der Waals surface area contributed by atoms with Crippen molar-refractivity contribution in [2.24, 2.45) is 11.8 Å². The maximum Gasteiger partial charge on any atom is 0.258 e. The molecule has 0 radical (unpaired) electrons.